The zero-order chi connectivity index (χ0) is 12.3. The van der Waals surface area contributed by atoms with E-state index < -0.39 is 0 Å². The number of carbonyl (C=O) groups excluding carboxylic acids is 1. The SMILES string of the molecule is Cc1ncsc1CNC(=O)C[C@@H]1CCC[C@H]1N. The second-order valence-electron chi connectivity index (χ2n) is 4.70. The number of thiazole rings is 1. The Morgan fingerprint density at radius 2 is 2.47 bits per heavy atom. The Hall–Kier alpha value is -0.940. The van der Waals surface area contributed by atoms with Crippen LogP contribution in [0.5, 0.6) is 0 Å². The lowest BCUT2D eigenvalue weighted by molar-refractivity contribution is -0.122. The molecule has 17 heavy (non-hydrogen) atoms. The van der Waals surface area contributed by atoms with Gasteiger partial charge in [0.25, 0.3) is 0 Å². The van der Waals surface area contributed by atoms with Crippen LogP contribution in [0.3, 0.4) is 0 Å². The van der Waals surface area contributed by atoms with Crippen molar-refractivity contribution in [3.05, 3.63) is 16.1 Å². The van der Waals surface area contributed by atoms with Crippen LogP contribution < -0.4 is 11.1 Å². The van der Waals surface area contributed by atoms with E-state index in [0.717, 1.165) is 29.8 Å². The smallest absolute Gasteiger partial charge is 0.220 e. The summed E-state index contributed by atoms with van der Waals surface area (Å²) in [5.41, 5.74) is 8.77. The first-order chi connectivity index (χ1) is 8.16. The third-order valence-electron chi connectivity index (χ3n) is 3.46. The largest absolute Gasteiger partial charge is 0.351 e. The predicted molar refractivity (Wildman–Crippen MR) is 68.6 cm³/mol. The van der Waals surface area contributed by atoms with Crippen LogP contribution in [0.2, 0.25) is 0 Å². The maximum Gasteiger partial charge on any atom is 0.220 e. The molecule has 1 aliphatic rings. The fourth-order valence-electron chi connectivity index (χ4n) is 2.30. The summed E-state index contributed by atoms with van der Waals surface area (Å²) in [6.07, 6.45) is 3.88. The highest BCUT2D eigenvalue weighted by Gasteiger charge is 2.25. The zero-order valence-electron chi connectivity index (χ0n) is 10.1. The van der Waals surface area contributed by atoms with Gasteiger partial charge in [0.2, 0.25) is 5.91 Å². The van der Waals surface area contributed by atoms with Gasteiger partial charge in [-0.15, -0.1) is 11.3 Å². The molecule has 4 nitrogen and oxygen atoms in total. The summed E-state index contributed by atoms with van der Waals surface area (Å²) in [7, 11) is 0. The second-order valence-corrected chi connectivity index (χ2v) is 5.64. The number of hydrogen-bond acceptors (Lipinski definition) is 4. The highest BCUT2D eigenvalue weighted by atomic mass is 32.1. The number of aromatic nitrogens is 1. The minimum absolute atomic E-state index is 0.111. The van der Waals surface area contributed by atoms with Crippen molar-refractivity contribution in [3.63, 3.8) is 0 Å². The molecule has 0 bridgehead atoms. The third-order valence-corrected chi connectivity index (χ3v) is 4.39. The van der Waals surface area contributed by atoms with Crippen LogP contribution in [0.25, 0.3) is 0 Å². The van der Waals surface area contributed by atoms with Gasteiger partial charge in [0.05, 0.1) is 17.7 Å². The first kappa shape index (κ1) is 12.5. The number of nitrogens with two attached hydrogens (primary N) is 1. The summed E-state index contributed by atoms with van der Waals surface area (Å²) < 4.78 is 0. The molecule has 1 aromatic heterocycles. The molecule has 0 radical (unpaired) electrons. The molecule has 2 rings (SSSR count). The molecule has 0 aromatic carbocycles. The van der Waals surface area contributed by atoms with E-state index in [1.807, 2.05) is 12.4 Å². The number of nitrogens with one attached hydrogen (secondary N) is 1. The molecule has 0 spiro atoms. The lowest BCUT2D eigenvalue weighted by atomic mass is 10.00. The van der Waals surface area contributed by atoms with Gasteiger partial charge >= 0.3 is 0 Å². The van der Waals surface area contributed by atoms with Crippen molar-refractivity contribution in [1.29, 1.82) is 0 Å². The van der Waals surface area contributed by atoms with Gasteiger partial charge in [-0.25, -0.2) is 4.98 Å². The van der Waals surface area contributed by atoms with Crippen LogP contribution in [0.4, 0.5) is 0 Å². The molecule has 1 heterocycles. The third kappa shape index (κ3) is 3.26. The summed E-state index contributed by atoms with van der Waals surface area (Å²) >= 11 is 1.58. The quantitative estimate of drug-likeness (QED) is 0.856. The Morgan fingerprint density at radius 1 is 1.65 bits per heavy atom. The fourth-order valence-corrected chi connectivity index (χ4v) is 3.02. The number of amides is 1. The highest BCUT2D eigenvalue weighted by Crippen LogP contribution is 2.26. The van der Waals surface area contributed by atoms with Gasteiger partial charge in [-0.2, -0.15) is 0 Å². The number of rotatable bonds is 4. The van der Waals surface area contributed by atoms with Gasteiger partial charge in [-0.3, -0.25) is 4.79 Å². The van der Waals surface area contributed by atoms with Crippen molar-refractivity contribution in [2.45, 2.75) is 45.2 Å². The van der Waals surface area contributed by atoms with Crippen molar-refractivity contribution in [3.8, 4) is 0 Å². The maximum absolute atomic E-state index is 11.8. The first-order valence-corrected chi connectivity index (χ1v) is 6.96. The van der Waals surface area contributed by atoms with Gasteiger partial charge < -0.3 is 11.1 Å². The van der Waals surface area contributed by atoms with Crippen molar-refractivity contribution in [1.82, 2.24) is 10.3 Å². The highest BCUT2D eigenvalue weighted by molar-refractivity contribution is 7.09. The minimum Gasteiger partial charge on any atom is -0.351 e. The first-order valence-electron chi connectivity index (χ1n) is 6.08. The fraction of sp³-hybridized carbons (Fsp3) is 0.667. The zero-order valence-corrected chi connectivity index (χ0v) is 10.9. The molecule has 0 unspecified atom stereocenters. The van der Waals surface area contributed by atoms with Gasteiger partial charge in [0.15, 0.2) is 0 Å². The summed E-state index contributed by atoms with van der Waals surface area (Å²) in [4.78, 5) is 17.1. The molecule has 0 aliphatic heterocycles. The van der Waals surface area contributed by atoms with E-state index in [0.29, 0.717) is 18.9 Å². The number of aryl methyl sites for hydroxylation is 1. The van der Waals surface area contributed by atoms with Crippen molar-refractivity contribution in [2.75, 3.05) is 0 Å². The van der Waals surface area contributed by atoms with Gasteiger partial charge in [0, 0.05) is 17.3 Å². The van der Waals surface area contributed by atoms with Crippen LogP contribution >= 0.6 is 11.3 Å². The second kappa shape index (κ2) is 5.60. The van der Waals surface area contributed by atoms with E-state index in [9.17, 15) is 4.79 Å². The van der Waals surface area contributed by atoms with Gasteiger partial charge in [-0.1, -0.05) is 6.42 Å². The average molecular weight is 253 g/mol. The Kier molecular flexibility index (Phi) is 4.12. The van der Waals surface area contributed by atoms with Crippen LogP contribution in [0.1, 0.15) is 36.3 Å². The molecule has 1 fully saturated rings. The Bertz CT molecular complexity index is 391. The number of nitrogens with zero attached hydrogens (tertiary/aromatic N) is 1. The number of hydrogen-bond donors (Lipinski definition) is 2. The molecule has 1 aromatic rings. The van der Waals surface area contributed by atoms with E-state index in [4.69, 9.17) is 5.73 Å². The van der Waals surface area contributed by atoms with Crippen LogP contribution in [0.15, 0.2) is 5.51 Å². The van der Waals surface area contributed by atoms with E-state index in [1.165, 1.54) is 0 Å². The van der Waals surface area contributed by atoms with E-state index in [1.54, 1.807) is 11.3 Å². The molecular weight excluding hydrogens is 234 g/mol. The monoisotopic (exact) mass is 253 g/mol. The number of carbonyl (C=O) groups is 1. The summed E-state index contributed by atoms with van der Waals surface area (Å²) in [5, 5.41) is 2.95. The maximum atomic E-state index is 11.8. The molecular formula is C12H19N3OS. The summed E-state index contributed by atoms with van der Waals surface area (Å²) in [5.74, 6) is 0.484. The molecule has 2 atom stereocenters. The van der Waals surface area contributed by atoms with Crippen LogP contribution in [-0.4, -0.2) is 16.9 Å². The normalized spacial score (nSPS) is 23.9. The van der Waals surface area contributed by atoms with Crippen molar-refractivity contribution in [2.24, 2.45) is 11.7 Å². The van der Waals surface area contributed by atoms with Crippen molar-refractivity contribution < 1.29 is 4.79 Å². The van der Waals surface area contributed by atoms with Crippen LogP contribution in [0, 0.1) is 12.8 Å². The molecule has 94 valence electrons. The van der Waals surface area contributed by atoms with Gasteiger partial charge in [0.1, 0.15) is 0 Å². The minimum atomic E-state index is 0.111. The molecule has 1 amide bonds. The summed E-state index contributed by atoms with van der Waals surface area (Å²) in [6, 6.07) is 0.214. The average Bonchev–Trinajstić information content (AvgIpc) is 2.86. The predicted octanol–water partition coefficient (Wildman–Crippen LogP) is 1.59. The Morgan fingerprint density at radius 3 is 3.06 bits per heavy atom. The van der Waals surface area contributed by atoms with E-state index >= 15 is 0 Å². The van der Waals surface area contributed by atoms with Gasteiger partial charge in [-0.05, 0) is 25.7 Å². The van der Waals surface area contributed by atoms with E-state index in [2.05, 4.69) is 10.3 Å². The topological polar surface area (TPSA) is 68.0 Å². The molecule has 0 saturated heterocycles. The molecule has 1 saturated carbocycles. The van der Waals surface area contributed by atoms with Crippen molar-refractivity contribution >= 4 is 17.2 Å². The lowest BCUT2D eigenvalue weighted by Gasteiger charge is -2.14. The van der Waals surface area contributed by atoms with Crippen LogP contribution in [-0.2, 0) is 11.3 Å². The standard InChI is InChI=1S/C12H19N3OS/c1-8-11(17-7-15-8)6-14-12(16)5-9-3-2-4-10(9)13/h7,9-10H,2-6,13H2,1H3,(H,14,16)/t9-,10+/m0/s1. The molecule has 1 aliphatic carbocycles. The molecule has 3 N–H and O–H groups in total. The van der Waals surface area contributed by atoms with E-state index in [-0.39, 0.29) is 11.9 Å². The Labute approximate surface area is 106 Å². The summed E-state index contributed by atoms with van der Waals surface area (Å²) in [6.45, 7) is 2.56. The molecule has 5 heteroatoms. The Balaban J connectivity index is 1.76. The lowest BCUT2D eigenvalue weighted by Crippen LogP contribution is -2.31.